The Balaban J connectivity index is 1.07. The molecule has 0 unspecified atom stereocenters. The highest BCUT2D eigenvalue weighted by atomic mass is 79.9. The fraction of sp³-hybridized carbons (Fsp3) is 0.0606. The Morgan fingerprint density at radius 2 is 1.52 bits per heavy atom. The molecule has 2 amide bonds. The van der Waals surface area contributed by atoms with Gasteiger partial charge in [-0.15, -0.1) is 0 Å². The molecule has 1 heterocycles. The van der Waals surface area contributed by atoms with E-state index in [0.717, 1.165) is 31.6 Å². The van der Waals surface area contributed by atoms with Crippen molar-refractivity contribution in [3.63, 3.8) is 0 Å². The Bertz CT molecular complexity index is 1840. The molecule has 1 aliphatic rings. The molecule has 6 rings (SSSR count). The van der Waals surface area contributed by atoms with Gasteiger partial charge in [0, 0.05) is 38.9 Å². The Labute approximate surface area is 265 Å². The summed E-state index contributed by atoms with van der Waals surface area (Å²) in [7, 11) is 0. The predicted molar refractivity (Wildman–Crippen MR) is 172 cm³/mol. The van der Waals surface area contributed by atoms with Crippen molar-refractivity contribution >= 4 is 56.8 Å². The third-order valence-corrected chi connectivity index (χ3v) is 8.59. The number of amides is 2. The fourth-order valence-corrected chi connectivity index (χ4v) is 6.15. The van der Waals surface area contributed by atoms with Gasteiger partial charge in [0.2, 0.25) is 0 Å². The normalized spacial score (nSPS) is 11.8. The van der Waals surface area contributed by atoms with Crippen molar-refractivity contribution in [3.8, 4) is 11.1 Å². The zero-order valence-corrected chi connectivity index (χ0v) is 25.3. The number of ether oxygens (including phenoxy) is 1. The molecule has 1 aliphatic carbocycles. The van der Waals surface area contributed by atoms with Gasteiger partial charge in [0.15, 0.2) is 0 Å². The molecule has 11 heteroatoms. The Hall–Kier alpha value is -5.00. The lowest BCUT2D eigenvalue weighted by molar-refractivity contribution is -0.387. The molecule has 0 radical (unpaired) electrons. The zero-order valence-electron chi connectivity index (χ0n) is 22.9. The number of nitrogens with one attached hydrogen (secondary N) is 2. The molecule has 5 aromatic rings. The van der Waals surface area contributed by atoms with Crippen LogP contribution in [0.2, 0.25) is 0 Å². The molecule has 0 saturated heterocycles. The smallest absolute Gasteiger partial charge is 0.411 e. The van der Waals surface area contributed by atoms with Crippen molar-refractivity contribution in [3.05, 3.63) is 141 Å². The Kier molecular flexibility index (Phi) is 8.40. The molecule has 0 saturated carbocycles. The number of hydrogen-bond acceptors (Lipinski definition) is 7. The monoisotopic (exact) mass is 666 g/mol. The van der Waals surface area contributed by atoms with Gasteiger partial charge in [0.1, 0.15) is 12.3 Å². The number of nitrogens with zero attached hydrogens (tertiary/aromatic N) is 2. The number of benzene rings is 4. The molecule has 4 aromatic carbocycles. The first-order valence-corrected chi connectivity index (χ1v) is 15.1. The van der Waals surface area contributed by atoms with Crippen molar-refractivity contribution < 1.29 is 19.2 Å². The molecule has 0 spiro atoms. The van der Waals surface area contributed by atoms with E-state index < -0.39 is 16.9 Å². The van der Waals surface area contributed by atoms with E-state index in [0.29, 0.717) is 10.6 Å². The SMILES string of the molecule is O=C(Nc1ccc(Sc2ccc(NC(=O)c3ccc(Br)cn3)cc2[N+](=O)[O-])cc1)OCC1c2ccccc2-c2ccccc21. The van der Waals surface area contributed by atoms with Gasteiger partial charge in [-0.05, 0) is 86.7 Å². The first kappa shape index (κ1) is 29.1. The summed E-state index contributed by atoms with van der Waals surface area (Å²) in [4.78, 5) is 41.6. The van der Waals surface area contributed by atoms with Crippen LogP contribution in [-0.2, 0) is 4.74 Å². The number of hydrogen-bond donors (Lipinski definition) is 2. The Morgan fingerprint density at radius 3 is 2.16 bits per heavy atom. The highest BCUT2D eigenvalue weighted by Crippen LogP contribution is 2.44. The van der Waals surface area contributed by atoms with Crippen LogP contribution in [0.1, 0.15) is 27.5 Å². The van der Waals surface area contributed by atoms with E-state index in [-0.39, 0.29) is 29.6 Å². The lowest BCUT2D eigenvalue weighted by Crippen LogP contribution is -2.17. The van der Waals surface area contributed by atoms with Crippen LogP contribution in [0.3, 0.4) is 0 Å². The first-order valence-electron chi connectivity index (χ1n) is 13.5. The zero-order chi connectivity index (χ0) is 30.6. The minimum atomic E-state index is -0.570. The van der Waals surface area contributed by atoms with Gasteiger partial charge in [-0.2, -0.15) is 0 Å². The average molecular weight is 668 g/mol. The molecule has 9 nitrogen and oxygen atoms in total. The maximum Gasteiger partial charge on any atom is 0.411 e. The van der Waals surface area contributed by atoms with Crippen molar-refractivity contribution in [1.29, 1.82) is 0 Å². The largest absolute Gasteiger partial charge is 0.448 e. The summed E-state index contributed by atoms with van der Waals surface area (Å²) in [6.07, 6.45) is 0.925. The van der Waals surface area contributed by atoms with Crippen LogP contribution < -0.4 is 10.6 Å². The number of rotatable bonds is 8. The van der Waals surface area contributed by atoms with E-state index in [1.165, 1.54) is 24.0 Å². The molecule has 2 N–H and O–H groups in total. The number of nitro benzene ring substituents is 1. The highest BCUT2D eigenvalue weighted by molar-refractivity contribution is 9.10. The predicted octanol–water partition coefficient (Wildman–Crippen LogP) is 8.52. The molecule has 0 aliphatic heterocycles. The first-order chi connectivity index (χ1) is 21.4. The molecule has 218 valence electrons. The van der Waals surface area contributed by atoms with Crippen molar-refractivity contribution in [2.24, 2.45) is 0 Å². The second-order valence-corrected chi connectivity index (χ2v) is 11.9. The van der Waals surface area contributed by atoms with Crippen LogP contribution in [0.25, 0.3) is 11.1 Å². The van der Waals surface area contributed by atoms with Gasteiger partial charge in [-0.25, -0.2) is 9.78 Å². The molecular formula is C33H23BrN4O5S. The van der Waals surface area contributed by atoms with Gasteiger partial charge in [0.25, 0.3) is 11.6 Å². The summed E-state index contributed by atoms with van der Waals surface area (Å²) in [5, 5.41) is 17.2. The quantitative estimate of drug-likeness (QED) is 0.126. The topological polar surface area (TPSA) is 123 Å². The highest BCUT2D eigenvalue weighted by Gasteiger charge is 2.29. The number of carbonyl (C=O) groups is 2. The third-order valence-electron chi connectivity index (χ3n) is 7.05. The molecule has 0 atom stereocenters. The van der Waals surface area contributed by atoms with E-state index in [9.17, 15) is 19.7 Å². The van der Waals surface area contributed by atoms with E-state index in [1.807, 2.05) is 24.3 Å². The van der Waals surface area contributed by atoms with E-state index in [4.69, 9.17) is 4.74 Å². The van der Waals surface area contributed by atoms with Gasteiger partial charge in [-0.1, -0.05) is 60.3 Å². The lowest BCUT2D eigenvalue weighted by Gasteiger charge is -2.14. The summed E-state index contributed by atoms with van der Waals surface area (Å²) >= 11 is 4.46. The Morgan fingerprint density at radius 1 is 0.864 bits per heavy atom. The maximum absolute atomic E-state index is 12.7. The maximum atomic E-state index is 12.7. The van der Waals surface area contributed by atoms with Crippen LogP contribution >= 0.6 is 27.7 Å². The van der Waals surface area contributed by atoms with E-state index in [2.05, 4.69) is 55.8 Å². The minimum absolute atomic E-state index is 0.0418. The van der Waals surface area contributed by atoms with Crippen molar-refractivity contribution in [1.82, 2.24) is 4.98 Å². The molecule has 0 bridgehead atoms. The summed E-state index contributed by atoms with van der Waals surface area (Å²) < 4.78 is 6.35. The summed E-state index contributed by atoms with van der Waals surface area (Å²) in [6.45, 7) is 0.202. The number of nitro groups is 1. The number of anilines is 2. The van der Waals surface area contributed by atoms with Gasteiger partial charge < -0.3 is 10.1 Å². The number of carbonyl (C=O) groups excluding carboxylic acids is 2. The second-order valence-electron chi connectivity index (χ2n) is 9.83. The van der Waals surface area contributed by atoms with Crippen LogP contribution in [0.5, 0.6) is 0 Å². The average Bonchev–Trinajstić information content (AvgIpc) is 3.35. The third kappa shape index (κ3) is 6.34. The van der Waals surface area contributed by atoms with Crippen LogP contribution in [0, 0.1) is 10.1 Å². The number of halogens is 1. The second kappa shape index (κ2) is 12.7. The van der Waals surface area contributed by atoms with Crippen LogP contribution in [0.4, 0.5) is 21.9 Å². The van der Waals surface area contributed by atoms with Crippen LogP contribution in [0.15, 0.2) is 124 Å². The molecule has 44 heavy (non-hydrogen) atoms. The molecule has 0 fully saturated rings. The summed E-state index contributed by atoms with van der Waals surface area (Å²) in [5.41, 5.74) is 5.41. The number of aromatic nitrogens is 1. The van der Waals surface area contributed by atoms with E-state index >= 15 is 0 Å². The summed E-state index contributed by atoms with van der Waals surface area (Å²) in [6, 6.07) is 30.9. The molecular weight excluding hydrogens is 644 g/mol. The minimum Gasteiger partial charge on any atom is -0.448 e. The number of fused-ring (bicyclic) bond motifs is 3. The van der Waals surface area contributed by atoms with Gasteiger partial charge in [0.05, 0.1) is 9.82 Å². The lowest BCUT2D eigenvalue weighted by atomic mass is 9.98. The standard InChI is InChI=1S/C33H23BrN4O5S/c34-20-9-15-29(35-18-20)32(39)36-22-12-16-31(30(17-22)38(41)42)44-23-13-10-21(11-14-23)37-33(40)43-19-28-26-7-3-1-5-24(26)25-6-2-4-8-27(25)28/h1-18,28H,19H2,(H,36,39)(H,37,40). The van der Waals surface area contributed by atoms with E-state index in [1.54, 1.807) is 48.5 Å². The van der Waals surface area contributed by atoms with Crippen molar-refractivity contribution in [2.45, 2.75) is 15.7 Å². The van der Waals surface area contributed by atoms with Gasteiger partial charge >= 0.3 is 6.09 Å². The van der Waals surface area contributed by atoms with Crippen molar-refractivity contribution in [2.75, 3.05) is 17.2 Å². The number of pyridine rings is 1. The van der Waals surface area contributed by atoms with Gasteiger partial charge in [-0.3, -0.25) is 20.2 Å². The fourth-order valence-electron chi connectivity index (χ4n) is 5.02. The summed E-state index contributed by atoms with van der Waals surface area (Å²) in [5.74, 6) is -0.522. The molecule has 1 aromatic heterocycles. The van der Waals surface area contributed by atoms with Crippen LogP contribution in [-0.4, -0.2) is 28.5 Å².